The summed E-state index contributed by atoms with van der Waals surface area (Å²) < 4.78 is 14.5. The van der Waals surface area contributed by atoms with E-state index in [1.165, 1.54) is 29.0 Å². The number of carbonyl (C=O) groups excluding carboxylic acids is 1. The first-order chi connectivity index (χ1) is 13.5. The van der Waals surface area contributed by atoms with Crippen LogP contribution < -0.4 is 5.32 Å². The Bertz CT molecular complexity index is 980. The molecule has 1 N–H and O–H groups in total. The van der Waals surface area contributed by atoms with E-state index in [1.54, 1.807) is 6.07 Å². The molecule has 1 unspecified atom stereocenters. The molecule has 1 amide bonds. The zero-order valence-corrected chi connectivity index (χ0v) is 16.9. The Kier molecular flexibility index (Phi) is 5.42. The van der Waals surface area contributed by atoms with Crippen LogP contribution in [0.4, 0.5) is 4.39 Å². The first-order valence-electron chi connectivity index (χ1n) is 9.66. The number of hydrogen-bond acceptors (Lipinski definition) is 4. The van der Waals surface area contributed by atoms with Gasteiger partial charge in [-0.3, -0.25) is 14.7 Å². The molecular weight excluding hydrogens is 373 g/mol. The number of piperidine rings is 1. The van der Waals surface area contributed by atoms with Gasteiger partial charge in [-0.15, -0.1) is 11.3 Å². The number of carbonyl (C=O) groups is 1. The van der Waals surface area contributed by atoms with Crippen LogP contribution in [0, 0.1) is 12.7 Å². The van der Waals surface area contributed by atoms with E-state index >= 15 is 0 Å². The maximum atomic E-state index is 13.5. The van der Waals surface area contributed by atoms with Crippen molar-refractivity contribution in [1.29, 1.82) is 0 Å². The number of hydrogen-bond donors (Lipinski definition) is 1. The topological polar surface area (TPSA) is 45.2 Å². The summed E-state index contributed by atoms with van der Waals surface area (Å²) in [6, 6.07) is 9.35. The molecule has 0 bridgehead atoms. The van der Waals surface area contributed by atoms with Gasteiger partial charge in [0.15, 0.2) is 0 Å². The summed E-state index contributed by atoms with van der Waals surface area (Å²) in [4.78, 5) is 20.0. The van der Waals surface area contributed by atoms with Crippen molar-refractivity contribution in [2.45, 2.75) is 38.8 Å². The van der Waals surface area contributed by atoms with Gasteiger partial charge in [-0.1, -0.05) is 0 Å². The van der Waals surface area contributed by atoms with Crippen LogP contribution in [-0.4, -0.2) is 34.9 Å². The molecular formula is C22H24FN3OS. The second kappa shape index (κ2) is 7.97. The highest BCUT2D eigenvalue weighted by molar-refractivity contribution is 7.21. The molecule has 6 heteroatoms. The van der Waals surface area contributed by atoms with Gasteiger partial charge in [0.25, 0.3) is 5.91 Å². The lowest BCUT2D eigenvalue weighted by atomic mass is 10.0. The molecule has 3 heterocycles. The van der Waals surface area contributed by atoms with Gasteiger partial charge in [-0.05, 0) is 73.5 Å². The predicted molar refractivity (Wildman–Crippen MR) is 111 cm³/mol. The molecule has 0 saturated carbocycles. The second-order valence-corrected chi connectivity index (χ2v) is 8.49. The van der Waals surface area contributed by atoms with Crippen molar-refractivity contribution in [3.8, 4) is 0 Å². The Labute approximate surface area is 168 Å². The third-order valence-corrected chi connectivity index (χ3v) is 6.98. The van der Waals surface area contributed by atoms with Gasteiger partial charge >= 0.3 is 0 Å². The fourth-order valence-electron chi connectivity index (χ4n) is 3.94. The minimum atomic E-state index is -0.268. The number of nitrogens with one attached hydrogen (secondary N) is 1. The molecule has 28 heavy (non-hydrogen) atoms. The fourth-order valence-corrected chi connectivity index (χ4v) is 5.04. The molecule has 1 aliphatic heterocycles. The van der Waals surface area contributed by atoms with E-state index in [1.807, 2.05) is 19.3 Å². The molecule has 0 aliphatic carbocycles. The van der Waals surface area contributed by atoms with Crippen molar-refractivity contribution < 1.29 is 9.18 Å². The summed E-state index contributed by atoms with van der Waals surface area (Å²) in [6.07, 6.45) is 5.52. The van der Waals surface area contributed by atoms with Crippen molar-refractivity contribution >= 4 is 27.3 Å². The molecule has 1 aliphatic rings. The first-order valence-corrected chi connectivity index (χ1v) is 10.5. The van der Waals surface area contributed by atoms with Crippen LogP contribution in [0.3, 0.4) is 0 Å². The molecule has 3 aromatic rings. The molecule has 4 rings (SSSR count). The lowest BCUT2D eigenvalue weighted by molar-refractivity contribution is 0.0899. The summed E-state index contributed by atoms with van der Waals surface area (Å²) in [7, 11) is 0. The SMILES string of the molecule is Cc1c(C(=O)NC2CCN(C(C)c3ccncc3)CC2)sc2ccc(F)cc12. The van der Waals surface area contributed by atoms with E-state index in [9.17, 15) is 9.18 Å². The third kappa shape index (κ3) is 3.80. The standard InChI is InChI=1S/C22H24FN3OS/c1-14-19-13-17(23)3-4-20(19)28-21(14)22(27)25-18-7-11-26(12-8-18)15(2)16-5-9-24-10-6-16/h3-6,9-10,13,15,18H,7-8,11-12H2,1-2H3,(H,25,27). The van der Waals surface area contributed by atoms with E-state index in [4.69, 9.17) is 0 Å². The van der Waals surface area contributed by atoms with E-state index in [0.29, 0.717) is 10.9 Å². The highest BCUT2D eigenvalue weighted by atomic mass is 32.1. The summed E-state index contributed by atoms with van der Waals surface area (Å²) in [5.74, 6) is -0.309. The average Bonchev–Trinajstić information content (AvgIpc) is 3.05. The minimum absolute atomic E-state index is 0.0419. The number of halogens is 1. The van der Waals surface area contributed by atoms with Crippen LogP contribution in [0.15, 0.2) is 42.7 Å². The largest absolute Gasteiger partial charge is 0.349 e. The molecule has 2 aromatic heterocycles. The van der Waals surface area contributed by atoms with Gasteiger partial charge in [0.05, 0.1) is 4.88 Å². The highest BCUT2D eigenvalue weighted by Gasteiger charge is 2.26. The average molecular weight is 398 g/mol. The Morgan fingerprint density at radius 2 is 1.96 bits per heavy atom. The van der Waals surface area contributed by atoms with Crippen LogP contribution in [0.2, 0.25) is 0 Å². The maximum Gasteiger partial charge on any atom is 0.261 e. The smallest absolute Gasteiger partial charge is 0.261 e. The van der Waals surface area contributed by atoms with Crippen LogP contribution in [-0.2, 0) is 0 Å². The number of likely N-dealkylation sites (tertiary alicyclic amines) is 1. The summed E-state index contributed by atoms with van der Waals surface area (Å²) >= 11 is 1.44. The normalized spacial score (nSPS) is 17.0. The number of nitrogens with zero attached hydrogens (tertiary/aromatic N) is 2. The summed E-state index contributed by atoms with van der Waals surface area (Å²) in [6.45, 7) is 6.01. The van der Waals surface area contributed by atoms with Crippen molar-refractivity contribution in [3.05, 3.63) is 64.5 Å². The lowest BCUT2D eigenvalue weighted by Crippen LogP contribution is -2.45. The lowest BCUT2D eigenvalue weighted by Gasteiger charge is -2.36. The van der Waals surface area contributed by atoms with E-state index in [2.05, 4.69) is 34.3 Å². The van der Waals surface area contributed by atoms with Crippen molar-refractivity contribution in [2.75, 3.05) is 13.1 Å². The second-order valence-electron chi connectivity index (χ2n) is 7.44. The molecule has 1 saturated heterocycles. The Morgan fingerprint density at radius 3 is 2.68 bits per heavy atom. The van der Waals surface area contributed by atoms with Crippen LogP contribution in [0.1, 0.15) is 46.6 Å². The van der Waals surface area contributed by atoms with Crippen LogP contribution in [0.25, 0.3) is 10.1 Å². The van der Waals surface area contributed by atoms with E-state index in [-0.39, 0.29) is 17.8 Å². The van der Waals surface area contributed by atoms with Gasteiger partial charge in [-0.25, -0.2) is 4.39 Å². The number of aromatic nitrogens is 1. The van der Waals surface area contributed by atoms with Crippen LogP contribution >= 0.6 is 11.3 Å². The molecule has 0 spiro atoms. The number of thiophene rings is 1. The van der Waals surface area contributed by atoms with Crippen LogP contribution in [0.5, 0.6) is 0 Å². The molecule has 1 fully saturated rings. The van der Waals surface area contributed by atoms with Gasteiger partial charge in [-0.2, -0.15) is 0 Å². The Hall–Kier alpha value is -2.31. The Balaban J connectivity index is 1.38. The van der Waals surface area contributed by atoms with Crippen molar-refractivity contribution in [3.63, 3.8) is 0 Å². The predicted octanol–water partition coefficient (Wildman–Crippen LogP) is 4.70. The zero-order chi connectivity index (χ0) is 19.7. The fraction of sp³-hybridized carbons (Fsp3) is 0.364. The summed E-state index contributed by atoms with van der Waals surface area (Å²) in [5.41, 5.74) is 2.13. The van der Waals surface area contributed by atoms with Gasteiger partial charge in [0, 0.05) is 42.3 Å². The number of aryl methyl sites for hydroxylation is 1. The molecule has 4 nitrogen and oxygen atoms in total. The van der Waals surface area contributed by atoms with E-state index < -0.39 is 0 Å². The van der Waals surface area contributed by atoms with Gasteiger partial charge < -0.3 is 5.32 Å². The number of pyridine rings is 1. The minimum Gasteiger partial charge on any atom is -0.349 e. The Morgan fingerprint density at radius 1 is 1.25 bits per heavy atom. The number of rotatable bonds is 4. The van der Waals surface area contributed by atoms with Crippen molar-refractivity contribution in [1.82, 2.24) is 15.2 Å². The van der Waals surface area contributed by atoms with E-state index in [0.717, 1.165) is 41.6 Å². The summed E-state index contributed by atoms with van der Waals surface area (Å²) in [5, 5.41) is 4.02. The number of amides is 1. The highest BCUT2D eigenvalue weighted by Crippen LogP contribution is 2.31. The molecule has 0 radical (unpaired) electrons. The zero-order valence-electron chi connectivity index (χ0n) is 16.1. The monoisotopic (exact) mass is 397 g/mol. The molecule has 1 atom stereocenters. The quantitative estimate of drug-likeness (QED) is 0.694. The third-order valence-electron chi connectivity index (χ3n) is 5.71. The number of benzene rings is 1. The number of fused-ring (bicyclic) bond motifs is 1. The van der Waals surface area contributed by atoms with Crippen molar-refractivity contribution in [2.24, 2.45) is 0 Å². The van der Waals surface area contributed by atoms with Gasteiger partial charge in [0.1, 0.15) is 5.82 Å². The van der Waals surface area contributed by atoms with Gasteiger partial charge in [0.2, 0.25) is 0 Å². The molecule has 1 aromatic carbocycles. The first kappa shape index (κ1) is 19.0. The molecule has 146 valence electrons. The maximum absolute atomic E-state index is 13.5.